The Morgan fingerprint density at radius 2 is 1.46 bits per heavy atom. The second-order valence-corrected chi connectivity index (χ2v) is 10.5. The first-order valence-electron chi connectivity index (χ1n) is 6.50. The van der Waals surface area contributed by atoms with Crippen molar-refractivity contribution in [2.24, 2.45) is 0 Å². The van der Waals surface area contributed by atoms with Crippen molar-refractivity contribution in [3.8, 4) is 0 Å². The molecule has 0 aliphatic rings. The molecule has 0 radical (unpaired) electrons. The molecule has 0 amide bonds. The molecule has 0 spiro atoms. The maximum Gasteiger partial charge on any atom is 0.340 e. The van der Waals surface area contributed by atoms with Gasteiger partial charge >= 0.3 is 11.9 Å². The molecule has 2 rings (SSSR count). The van der Waals surface area contributed by atoms with E-state index in [1.807, 2.05) is 0 Å². The Balaban J connectivity index is 2.52. The number of hydrogen-bond donors (Lipinski definition) is 0. The van der Waals surface area contributed by atoms with E-state index in [0.717, 1.165) is 11.3 Å². The largest absolute Gasteiger partial charge is 0.465 e. The molecule has 2 aromatic heterocycles. The van der Waals surface area contributed by atoms with Crippen molar-refractivity contribution >= 4 is 54.3 Å². The Morgan fingerprint density at radius 3 is 2.04 bits per heavy atom. The number of thiophene rings is 2. The van der Waals surface area contributed by atoms with Gasteiger partial charge in [-0.3, -0.25) is 0 Å². The minimum Gasteiger partial charge on any atom is -0.465 e. The van der Waals surface area contributed by atoms with E-state index in [4.69, 9.17) is 0 Å². The maximum atomic E-state index is 12.9. The van der Waals surface area contributed by atoms with Gasteiger partial charge in [0.2, 0.25) is 8.87 Å². The van der Waals surface area contributed by atoms with E-state index in [2.05, 4.69) is 9.47 Å². The van der Waals surface area contributed by atoms with Gasteiger partial charge in [0.05, 0.1) is 30.2 Å². The minimum atomic E-state index is -3.92. The third kappa shape index (κ3) is 3.51. The lowest BCUT2D eigenvalue weighted by Gasteiger charge is -2.07. The fourth-order valence-corrected chi connectivity index (χ4v) is 8.23. The predicted molar refractivity (Wildman–Crippen MR) is 93.8 cm³/mol. The fraction of sp³-hybridized carbons (Fsp3) is 0.286. The van der Waals surface area contributed by atoms with Crippen LogP contribution in [0.3, 0.4) is 0 Å². The maximum absolute atomic E-state index is 12.9. The summed E-state index contributed by atoms with van der Waals surface area (Å²) in [6.45, 7) is 3.34. The highest BCUT2D eigenvalue weighted by molar-refractivity contribution is 8.72. The van der Waals surface area contributed by atoms with Crippen LogP contribution in [0, 0.1) is 13.8 Å². The van der Waals surface area contributed by atoms with Gasteiger partial charge < -0.3 is 9.47 Å². The Bertz CT molecular complexity index is 891. The molecule has 10 heteroatoms. The molecule has 0 aliphatic carbocycles. The number of carbonyl (C=O) groups is 2. The van der Waals surface area contributed by atoms with Crippen molar-refractivity contribution in [3.63, 3.8) is 0 Å². The Labute approximate surface area is 151 Å². The Morgan fingerprint density at radius 1 is 0.958 bits per heavy atom. The second kappa shape index (κ2) is 7.26. The second-order valence-electron chi connectivity index (χ2n) is 4.59. The Hall–Kier alpha value is -1.36. The van der Waals surface area contributed by atoms with Crippen LogP contribution < -0.4 is 0 Å². The van der Waals surface area contributed by atoms with E-state index in [1.165, 1.54) is 30.9 Å². The molecular formula is C14H14O6S4. The molecule has 6 nitrogen and oxygen atoms in total. The first-order valence-corrected chi connectivity index (χ1v) is 11.1. The van der Waals surface area contributed by atoms with E-state index in [0.29, 0.717) is 25.4 Å². The fourth-order valence-electron chi connectivity index (χ4n) is 1.96. The first-order chi connectivity index (χ1) is 11.2. The zero-order chi connectivity index (χ0) is 18.1. The number of rotatable bonds is 5. The van der Waals surface area contributed by atoms with Gasteiger partial charge in [-0.25, -0.2) is 18.0 Å². The highest BCUT2D eigenvalue weighted by Crippen LogP contribution is 2.41. The molecule has 130 valence electrons. The lowest BCUT2D eigenvalue weighted by molar-refractivity contribution is 0.0588. The molecule has 0 N–H and O–H groups in total. The number of aryl methyl sites for hydroxylation is 2. The molecule has 0 saturated carbocycles. The van der Waals surface area contributed by atoms with Crippen molar-refractivity contribution in [1.29, 1.82) is 0 Å². The first kappa shape index (κ1) is 19.0. The molecule has 0 unspecified atom stereocenters. The van der Waals surface area contributed by atoms with Crippen molar-refractivity contribution in [2.75, 3.05) is 14.2 Å². The minimum absolute atomic E-state index is 0.000000656. The van der Waals surface area contributed by atoms with Crippen LogP contribution >= 0.6 is 33.5 Å². The van der Waals surface area contributed by atoms with Crippen LogP contribution in [0.1, 0.15) is 30.5 Å². The molecule has 24 heavy (non-hydrogen) atoms. The Kier molecular flexibility index (Phi) is 5.74. The summed E-state index contributed by atoms with van der Waals surface area (Å²) in [5.41, 5.74) is 0.195. The van der Waals surface area contributed by atoms with Crippen molar-refractivity contribution in [1.82, 2.24) is 0 Å². The number of methoxy groups -OCH3 is 2. The lowest BCUT2D eigenvalue weighted by Crippen LogP contribution is -2.08. The normalized spacial score (nSPS) is 11.3. The molecule has 0 aromatic carbocycles. The van der Waals surface area contributed by atoms with Crippen molar-refractivity contribution in [3.05, 3.63) is 31.6 Å². The summed E-state index contributed by atoms with van der Waals surface area (Å²) >= 11 is 2.41. The summed E-state index contributed by atoms with van der Waals surface area (Å²) < 4.78 is 35.0. The van der Waals surface area contributed by atoms with Gasteiger partial charge in [-0.2, -0.15) is 0 Å². The van der Waals surface area contributed by atoms with Crippen LogP contribution in [0.5, 0.6) is 0 Å². The van der Waals surface area contributed by atoms with E-state index >= 15 is 0 Å². The molecule has 0 bridgehead atoms. The third-order valence-electron chi connectivity index (χ3n) is 3.09. The molecule has 2 heterocycles. The van der Waals surface area contributed by atoms with Gasteiger partial charge in [-0.05, 0) is 13.8 Å². The summed E-state index contributed by atoms with van der Waals surface area (Å²) in [5, 5.41) is 3.01. The highest BCUT2D eigenvalue weighted by Gasteiger charge is 2.31. The molecular weight excluding hydrogens is 392 g/mol. The number of ether oxygens (including phenoxy) is 2. The summed E-state index contributed by atoms with van der Waals surface area (Å²) in [6, 6.07) is 0. The van der Waals surface area contributed by atoms with Gasteiger partial charge in [0.25, 0.3) is 0 Å². The van der Waals surface area contributed by atoms with Gasteiger partial charge in [0.1, 0.15) is 4.90 Å². The van der Waals surface area contributed by atoms with Crippen LogP contribution in [-0.2, 0) is 18.3 Å². The van der Waals surface area contributed by atoms with Crippen LogP contribution in [0.4, 0.5) is 0 Å². The standard InChI is InChI=1S/C14H14O6S4/c1-7-11(9(5-21-7)13(15)19-3)23-24(17,18)12-8(2)22-6-10(12)14(16)20-4/h5-6H,1-4H3. The third-order valence-corrected chi connectivity index (χ3v) is 8.77. The van der Waals surface area contributed by atoms with Crippen molar-refractivity contribution < 1.29 is 27.5 Å². The van der Waals surface area contributed by atoms with Crippen LogP contribution in [0.25, 0.3) is 0 Å². The molecule has 0 atom stereocenters. The lowest BCUT2D eigenvalue weighted by atomic mass is 10.3. The molecule has 2 aromatic rings. The van der Waals surface area contributed by atoms with Crippen LogP contribution in [-0.4, -0.2) is 34.6 Å². The van der Waals surface area contributed by atoms with E-state index < -0.39 is 20.8 Å². The zero-order valence-corrected chi connectivity index (χ0v) is 16.5. The van der Waals surface area contributed by atoms with Gasteiger partial charge in [-0.15, -0.1) is 22.7 Å². The average molecular weight is 407 g/mol. The number of esters is 2. The smallest absolute Gasteiger partial charge is 0.340 e. The highest BCUT2D eigenvalue weighted by atomic mass is 33.1. The monoisotopic (exact) mass is 406 g/mol. The number of carbonyl (C=O) groups excluding carboxylic acids is 2. The molecule has 0 fully saturated rings. The van der Waals surface area contributed by atoms with Crippen LogP contribution in [0.2, 0.25) is 0 Å². The van der Waals surface area contributed by atoms with Gasteiger partial charge in [0, 0.05) is 31.3 Å². The van der Waals surface area contributed by atoms with Crippen LogP contribution in [0.15, 0.2) is 20.6 Å². The quantitative estimate of drug-likeness (QED) is 0.555. The molecule has 0 saturated heterocycles. The summed E-state index contributed by atoms with van der Waals surface area (Å²) in [7, 11) is -0.949. The van der Waals surface area contributed by atoms with E-state index in [-0.39, 0.29) is 16.0 Å². The predicted octanol–water partition coefficient (Wildman–Crippen LogP) is 3.48. The number of hydrogen-bond acceptors (Lipinski definition) is 9. The topological polar surface area (TPSA) is 86.7 Å². The SMILES string of the molecule is COC(=O)c1csc(C)c1SS(=O)(=O)c1c(C(=O)OC)csc1C. The zero-order valence-electron chi connectivity index (χ0n) is 13.2. The summed E-state index contributed by atoms with van der Waals surface area (Å²) in [6.07, 6.45) is 0. The summed E-state index contributed by atoms with van der Waals surface area (Å²) in [4.78, 5) is 25.0. The van der Waals surface area contributed by atoms with E-state index in [9.17, 15) is 18.0 Å². The van der Waals surface area contributed by atoms with E-state index in [1.54, 1.807) is 19.2 Å². The van der Waals surface area contributed by atoms with Gasteiger partial charge in [-0.1, -0.05) is 0 Å². The van der Waals surface area contributed by atoms with Gasteiger partial charge in [0.15, 0.2) is 0 Å². The molecule has 0 aliphatic heterocycles. The van der Waals surface area contributed by atoms with Crippen molar-refractivity contribution in [2.45, 2.75) is 23.6 Å². The summed E-state index contributed by atoms with van der Waals surface area (Å²) in [5.74, 6) is -1.32. The average Bonchev–Trinajstić information content (AvgIpc) is 3.10.